The number of nitrogens with zero attached hydrogens (tertiary/aromatic N) is 2. The van der Waals surface area contributed by atoms with E-state index in [1.165, 1.54) is 5.56 Å². The average molecular weight is 382 g/mol. The minimum Gasteiger partial charge on any atom is -0.489 e. The number of benzene rings is 2. The zero-order valence-electron chi connectivity index (χ0n) is 15.7. The molecule has 2 N–H and O–H groups in total. The molecule has 1 aromatic heterocycles. The van der Waals surface area contributed by atoms with Crippen LogP contribution in [-0.2, 0) is 6.42 Å². The number of aliphatic hydroxyl groups is 1. The summed E-state index contributed by atoms with van der Waals surface area (Å²) in [4.78, 5) is 0. The second-order valence-corrected chi connectivity index (χ2v) is 7.95. The minimum absolute atomic E-state index is 0.117. The van der Waals surface area contributed by atoms with Gasteiger partial charge in [0.2, 0.25) is 0 Å². The largest absolute Gasteiger partial charge is 0.489 e. The topological polar surface area (TPSA) is 67.3 Å². The molecule has 2 aromatic carbocycles. The molecule has 0 spiro atoms. The smallest absolute Gasteiger partial charge is 0.148 e. The fraction of sp³-hybridized carbons (Fsp3) is 0.333. The van der Waals surface area contributed by atoms with Crippen LogP contribution in [0.4, 0.5) is 5.69 Å². The SMILES string of the molecule is CNc1cc(-c2nnc(-c3cccc4c3CC[C@@H]4O)s2)ccc1OC(C)C. The van der Waals surface area contributed by atoms with Crippen LogP contribution in [0.3, 0.4) is 0 Å². The summed E-state index contributed by atoms with van der Waals surface area (Å²) in [5.74, 6) is 0.829. The van der Waals surface area contributed by atoms with Crippen molar-refractivity contribution < 1.29 is 9.84 Å². The van der Waals surface area contributed by atoms with Crippen LogP contribution >= 0.6 is 11.3 Å². The van der Waals surface area contributed by atoms with Crippen molar-refractivity contribution in [2.45, 2.75) is 38.9 Å². The molecule has 0 aliphatic heterocycles. The van der Waals surface area contributed by atoms with Crippen LogP contribution in [0.2, 0.25) is 0 Å². The molecule has 1 aliphatic rings. The Hall–Kier alpha value is -2.44. The molecule has 3 aromatic rings. The number of nitrogens with one attached hydrogen (secondary N) is 1. The Balaban J connectivity index is 1.68. The molecule has 0 unspecified atom stereocenters. The van der Waals surface area contributed by atoms with E-state index in [2.05, 4.69) is 21.6 Å². The van der Waals surface area contributed by atoms with Crippen LogP contribution in [0.1, 0.15) is 37.5 Å². The maximum atomic E-state index is 10.1. The molecule has 4 rings (SSSR count). The second kappa shape index (κ2) is 7.29. The maximum absolute atomic E-state index is 10.1. The first-order valence-electron chi connectivity index (χ1n) is 9.19. The van der Waals surface area contributed by atoms with Gasteiger partial charge in [-0.1, -0.05) is 29.5 Å². The molecule has 0 bridgehead atoms. The van der Waals surface area contributed by atoms with E-state index < -0.39 is 0 Å². The van der Waals surface area contributed by atoms with Crippen molar-refractivity contribution in [3.63, 3.8) is 0 Å². The number of hydrogen-bond donors (Lipinski definition) is 2. The van der Waals surface area contributed by atoms with Crippen molar-refractivity contribution >= 4 is 17.0 Å². The summed E-state index contributed by atoms with van der Waals surface area (Å²) >= 11 is 1.57. The van der Waals surface area contributed by atoms with Gasteiger partial charge in [0, 0.05) is 18.2 Å². The zero-order chi connectivity index (χ0) is 19.0. The van der Waals surface area contributed by atoms with E-state index in [1.54, 1.807) is 11.3 Å². The average Bonchev–Trinajstić information content (AvgIpc) is 3.29. The predicted octanol–water partition coefficient (Wildman–Crippen LogP) is 4.68. The summed E-state index contributed by atoms with van der Waals surface area (Å²) in [7, 11) is 1.89. The van der Waals surface area contributed by atoms with Crippen LogP contribution in [0.5, 0.6) is 5.75 Å². The molecule has 5 nitrogen and oxygen atoms in total. The van der Waals surface area contributed by atoms with Gasteiger partial charge in [-0.05, 0) is 56.0 Å². The third kappa shape index (κ3) is 3.42. The van der Waals surface area contributed by atoms with E-state index in [1.807, 2.05) is 51.2 Å². The van der Waals surface area contributed by atoms with Gasteiger partial charge >= 0.3 is 0 Å². The van der Waals surface area contributed by atoms with Gasteiger partial charge in [-0.3, -0.25) is 0 Å². The minimum atomic E-state index is -0.362. The summed E-state index contributed by atoms with van der Waals surface area (Å²) in [5.41, 5.74) is 5.25. The van der Waals surface area contributed by atoms with Crippen LogP contribution < -0.4 is 10.1 Å². The molecule has 1 atom stereocenters. The molecular weight excluding hydrogens is 358 g/mol. The molecule has 140 valence electrons. The monoisotopic (exact) mass is 381 g/mol. The molecular formula is C21H23N3O2S. The summed E-state index contributed by atoms with van der Waals surface area (Å²) < 4.78 is 5.84. The second-order valence-electron chi connectivity index (χ2n) is 6.97. The lowest BCUT2D eigenvalue weighted by molar-refractivity contribution is 0.180. The fourth-order valence-electron chi connectivity index (χ4n) is 3.50. The fourth-order valence-corrected chi connectivity index (χ4v) is 4.39. The molecule has 6 heteroatoms. The van der Waals surface area contributed by atoms with Gasteiger partial charge in [-0.15, -0.1) is 10.2 Å². The quantitative estimate of drug-likeness (QED) is 0.672. The molecule has 0 amide bonds. The highest BCUT2D eigenvalue weighted by atomic mass is 32.1. The lowest BCUT2D eigenvalue weighted by Gasteiger charge is -2.14. The Morgan fingerprint density at radius 1 is 1.19 bits per heavy atom. The number of aromatic nitrogens is 2. The first-order chi connectivity index (χ1) is 13.1. The van der Waals surface area contributed by atoms with Crippen molar-refractivity contribution in [2.75, 3.05) is 12.4 Å². The summed E-state index contributed by atoms with van der Waals surface area (Å²) in [6, 6.07) is 12.1. The lowest BCUT2D eigenvalue weighted by atomic mass is 10.0. The van der Waals surface area contributed by atoms with E-state index in [0.29, 0.717) is 0 Å². The van der Waals surface area contributed by atoms with E-state index in [0.717, 1.165) is 51.0 Å². The molecule has 0 radical (unpaired) electrons. The molecule has 0 fully saturated rings. The molecule has 0 saturated carbocycles. The first-order valence-corrected chi connectivity index (χ1v) is 10.0. The van der Waals surface area contributed by atoms with Crippen LogP contribution in [-0.4, -0.2) is 28.5 Å². The Kier molecular flexibility index (Phi) is 4.85. The van der Waals surface area contributed by atoms with Gasteiger partial charge in [0.25, 0.3) is 0 Å². The molecule has 27 heavy (non-hydrogen) atoms. The first kappa shape index (κ1) is 17.9. The van der Waals surface area contributed by atoms with Crippen molar-refractivity contribution in [2.24, 2.45) is 0 Å². The Labute approximate surface area is 163 Å². The standard InChI is InChI=1S/C21H23N3O2S/c1-12(2)26-19-10-7-13(11-17(19)22-3)20-23-24-21(27-20)16-6-4-5-15-14(16)8-9-18(15)25/h4-7,10-12,18,22,25H,8-9H2,1-3H3/t18-/m0/s1. The number of fused-ring (bicyclic) bond motifs is 1. The van der Waals surface area contributed by atoms with Crippen LogP contribution in [0.15, 0.2) is 36.4 Å². The van der Waals surface area contributed by atoms with Crippen molar-refractivity contribution in [1.82, 2.24) is 10.2 Å². The van der Waals surface area contributed by atoms with Crippen molar-refractivity contribution in [3.05, 3.63) is 47.5 Å². The van der Waals surface area contributed by atoms with Gasteiger partial charge < -0.3 is 15.2 Å². The van der Waals surface area contributed by atoms with E-state index in [9.17, 15) is 5.11 Å². The van der Waals surface area contributed by atoms with Crippen LogP contribution in [0.25, 0.3) is 21.1 Å². The van der Waals surface area contributed by atoms with E-state index in [4.69, 9.17) is 4.74 Å². The van der Waals surface area contributed by atoms with Gasteiger partial charge in [0.1, 0.15) is 15.8 Å². The Morgan fingerprint density at radius 3 is 2.78 bits per heavy atom. The van der Waals surface area contributed by atoms with Crippen molar-refractivity contribution in [1.29, 1.82) is 0 Å². The Morgan fingerprint density at radius 2 is 2.00 bits per heavy atom. The molecule has 0 saturated heterocycles. The number of ether oxygens (including phenoxy) is 1. The lowest BCUT2D eigenvalue weighted by Crippen LogP contribution is -2.07. The van der Waals surface area contributed by atoms with Crippen molar-refractivity contribution in [3.8, 4) is 26.9 Å². The number of hydrogen-bond acceptors (Lipinski definition) is 6. The molecule has 1 aliphatic carbocycles. The van der Waals surface area contributed by atoms with E-state index >= 15 is 0 Å². The van der Waals surface area contributed by atoms with Gasteiger partial charge in [0.15, 0.2) is 0 Å². The third-order valence-electron chi connectivity index (χ3n) is 4.75. The third-order valence-corrected chi connectivity index (χ3v) is 5.76. The van der Waals surface area contributed by atoms with Gasteiger partial charge in [-0.2, -0.15) is 0 Å². The van der Waals surface area contributed by atoms with Gasteiger partial charge in [-0.25, -0.2) is 0 Å². The maximum Gasteiger partial charge on any atom is 0.148 e. The summed E-state index contributed by atoms with van der Waals surface area (Å²) in [6.45, 7) is 4.03. The Bertz CT molecular complexity index is 968. The highest BCUT2D eigenvalue weighted by Crippen LogP contribution is 2.40. The normalized spacial score (nSPS) is 15.8. The zero-order valence-corrected chi connectivity index (χ0v) is 16.5. The summed E-state index contributed by atoms with van der Waals surface area (Å²) in [6.07, 6.45) is 1.42. The van der Waals surface area contributed by atoms with E-state index in [-0.39, 0.29) is 12.2 Å². The highest BCUT2D eigenvalue weighted by molar-refractivity contribution is 7.17. The van der Waals surface area contributed by atoms with Gasteiger partial charge in [0.05, 0.1) is 17.9 Å². The number of rotatable bonds is 5. The number of anilines is 1. The number of aliphatic hydroxyl groups excluding tert-OH is 1. The summed E-state index contributed by atoms with van der Waals surface area (Å²) in [5, 5.41) is 23.9. The predicted molar refractivity (Wildman–Crippen MR) is 109 cm³/mol. The van der Waals surface area contributed by atoms with Crippen LogP contribution in [0, 0.1) is 0 Å². The highest BCUT2D eigenvalue weighted by Gasteiger charge is 2.24. The molecule has 1 heterocycles.